The second kappa shape index (κ2) is 11.4. The molecule has 2 nitrogen and oxygen atoms in total. The number of ether oxygens (including phenoxy) is 1. The summed E-state index contributed by atoms with van der Waals surface area (Å²) in [4.78, 5) is 0. The SMILES string of the molecule is CCCC(CCCOCC)CNCC(C)C. The van der Waals surface area contributed by atoms with Gasteiger partial charge in [-0.1, -0.05) is 27.2 Å². The Morgan fingerprint density at radius 3 is 2.38 bits per heavy atom. The van der Waals surface area contributed by atoms with E-state index >= 15 is 0 Å². The third-order valence-electron chi connectivity index (χ3n) is 2.79. The van der Waals surface area contributed by atoms with Gasteiger partial charge in [0.2, 0.25) is 0 Å². The summed E-state index contributed by atoms with van der Waals surface area (Å²) in [5.41, 5.74) is 0. The van der Waals surface area contributed by atoms with Crippen LogP contribution >= 0.6 is 0 Å². The Morgan fingerprint density at radius 1 is 1.06 bits per heavy atom. The summed E-state index contributed by atoms with van der Waals surface area (Å²) in [7, 11) is 0. The summed E-state index contributed by atoms with van der Waals surface area (Å²) in [6, 6.07) is 0. The first-order valence-corrected chi connectivity index (χ1v) is 6.99. The lowest BCUT2D eigenvalue weighted by atomic mass is 9.98. The van der Waals surface area contributed by atoms with E-state index < -0.39 is 0 Å². The van der Waals surface area contributed by atoms with E-state index in [1.165, 1.54) is 32.2 Å². The van der Waals surface area contributed by atoms with Crippen LogP contribution in [0.25, 0.3) is 0 Å². The van der Waals surface area contributed by atoms with Crippen molar-refractivity contribution < 1.29 is 4.74 Å². The zero-order valence-electron chi connectivity index (χ0n) is 11.7. The fraction of sp³-hybridized carbons (Fsp3) is 1.00. The van der Waals surface area contributed by atoms with Gasteiger partial charge in [0, 0.05) is 13.2 Å². The third kappa shape index (κ3) is 10.4. The maximum atomic E-state index is 5.38. The van der Waals surface area contributed by atoms with Gasteiger partial charge in [-0.05, 0) is 51.1 Å². The zero-order valence-corrected chi connectivity index (χ0v) is 11.7. The van der Waals surface area contributed by atoms with Crippen LogP contribution in [-0.4, -0.2) is 26.3 Å². The van der Waals surface area contributed by atoms with Crippen molar-refractivity contribution in [2.75, 3.05) is 26.3 Å². The van der Waals surface area contributed by atoms with Crippen LogP contribution in [0.4, 0.5) is 0 Å². The van der Waals surface area contributed by atoms with Crippen LogP contribution in [0.1, 0.15) is 53.4 Å². The smallest absolute Gasteiger partial charge is 0.0466 e. The topological polar surface area (TPSA) is 21.3 Å². The monoisotopic (exact) mass is 229 g/mol. The number of hydrogen-bond donors (Lipinski definition) is 1. The normalized spacial score (nSPS) is 13.3. The molecule has 0 aliphatic heterocycles. The molecule has 0 aliphatic rings. The van der Waals surface area contributed by atoms with E-state index in [4.69, 9.17) is 4.74 Å². The molecule has 16 heavy (non-hydrogen) atoms. The molecule has 1 unspecified atom stereocenters. The molecule has 0 saturated carbocycles. The van der Waals surface area contributed by atoms with Crippen LogP contribution < -0.4 is 5.32 Å². The van der Waals surface area contributed by atoms with E-state index in [0.717, 1.165) is 31.6 Å². The first-order valence-electron chi connectivity index (χ1n) is 6.99. The highest BCUT2D eigenvalue weighted by atomic mass is 16.5. The van der Waals surface area contributed by atoms with Crippen molar-refractivity contribution >= 4 is 0 Å². The molecule has 0 heterocycles. The summed E-state index contributed by atoms with van der Waals surface area (Å²) in [6.07, 6.45) is 5.15. The molecule has 1 atom stereocenters. The number of hydrogen-bond acceptors (Lipinski definition) is 2. The van der Waals surface area contributed by atoms with E-state index in [2.05, 4.69) is 33.0 Å². The fourth-order valence-electron chi connectivity index (χ4n) is 1.95. The highest BCUT2D eigenvalue weighted by Gasteiger charge is 2.07. The van der Waals surface area contributed by atoms with Gasteiger partial charge in [0.25, 0.3) is 0 Å². The average molecular weight is 229 g/mol. The van der Waals surface area contributed by atoms with Crippen molar-refractivity contribution in [1.29, 1.82) is 0 Å². The molecule has 0 rings (SSSR count). The minimum Gasteiger partial charge on any atom is -0.382 e. The first-order chi connectivity index (χ1) is 7.70. The van der Waals surface area contributed by atoms with Gasteiger partial charge in [-0.15, -0.1) is 0 Å². The molecule has 0 aliphatic carbocycles. The molecular weight excluding hydrogens is 198 g/mol. The average Bonchev–Trinajstić information content (AvgIpc) is 2.23. The molecule has 0 spiro atoms. The van der Waals surface area contributed by atoms with Gasteiger partial charge in [-0.25, -0.2) is 0 Å². The van der Waals surface area contributed by atoms with Crippen LogP contribution in [0.5, 0.6) is 0 Å². The largest absolute Gasteiger partial charge is 0.382 e. The van der Waals surface area contributed by atoms with E-state index in [-0.39, 0.29) is 0 Å². The highest BCUT2D eigenvalue weighted by molar-refractivity contribution is 4.63. The number of nitrogens with one attached hydrogen (secondary N) is 1. The summed E-state index contributed by atoms with van der Waals surface area (Å²) in [5.74, 6) is 1.59. The molecule has 0 bridgehead atoms. The van der Waals surface area contributed by atoms with Gasteiger partial charge < -0.3 is 10.1 Å². The van der Waals surface area contributed by atoms with Crippen LogP contribution in [0.3, 0.4) is 0 Å². The van der Waals surface area contributed by atoms with Gasteiger partial charge in [0.1, 0.15) is 0 Å². The Labute approximate surface area is 102 Å². The Balaban J connectivity index is 3.53. The van der Waals surface area contributed by atoms with Crippen molar-refractivity contribution in [1.82, 2.24) is 5.32 Å². The van der Waals surface area contributed by atoms with Gasteiger partial charge in [0.15, 0.2) is 0 Å². The van der Waals surface area contributed by atoms with Gasteiger partial charge >= 0.3 is 0 Å². The van der Waals surface area contributed by atoms with Crippen molar-refractivity contribution in [3.05, 3.63) is 0 Å². The standard InChI is InChI=1S/C14H31NO/c1-5-8-14(9-7-10-16-6-2)12-15-11-13(3)4/h13-15H,5-12H2,1-4H3. The highest BCUT2D eigenvalue weighted by Crippen LogP contribution is 2.12. The quantitative estimate of drug-likeness (QED) is 0.548. The van der Waals surface area contributed by atoms with E-state index in [0.29, 0.717) is 0 Å². The molecule has 0 saturated heterocycles. The van der Waals surface area contributed by atoms with E-state index in [1.807, 2.05) is 0 Å². The number of rotatable bonds is 11. The van der Waals surface area contributed by atoms with Crippen LogP contribution in [0.15, 0.2) is 0 Å². The lowest BCUT2D eigenvalue weighted by molar-refractivity contribution is 0.138. The second-order valence-electron chi connectivity index (χ2n) is 5.05. The zero-order chi connectivity index (χ0) is 12.2. The summed E-state index contributed by atoms with van der Waals surface area (Å²) < 4.78 is 5.38. The minimum atomic E-state index is 0.755. The van der Waals surface area contributed by atoms with Gasteiger partial charge in [-0.3, -0.25) is 0 Å². The Bertz CT molecular complexity index is 137. The molecule has 1 N–H and O–H groups in total. The Hall–Kier alpha value is -0.0800. The van der Waals surface area contributed by atoms with Crippen LogP contribution in [0, 0.1) is 11.8 Å². The second-order valence-corrected chi connectivity index (χ2v) is 5.05. The summed E-state index contributed by atoms with van der Waals surface area (Å²) in [6.45, 7) is 13.0. The molecule has 0 aromatic heterocycles. The molecule has 0 amide bonds. The van der Waals surface area contributed by atoms with Crippen molar-refractivity contribution in [3.63, 3.8) is 0 Å². The van der Waals surface area contributed by atoms with Crippen LogP contribution in [-0.2, 0) is 4.74 Å². The maximum absolute atomic E-state index is 5.38. The molecular formula is C14H31NO. The lowest BCUT2D eigenvalue weighted by Crippen LogP contribution is -2.26. The van der Waals surface area contributed by atoms with E-state index in [1.54, 1.807) is 0 Å². The van der Waals surface area contributed by atoms with Crippen molar-refractivity contribution in [2.45, 2.75) is 53.4 Å². The molecule has 98 valence electrons. The van der Waals surface area contributed by atoms with Gasteiger partial charge in [-0.2, -0.15) is 0 Å². The van der Waals surface area contributed by atoms with Crippen LogP contribution in [0.2, 0.25) is 0 Å². The molecule has 0 aromatic carbocycles. The maximum Gasteiger partial charge on any atom is 0.0466 e. The molecule has 2 heteroatoms. The van der Waals surface area contributed by atoms with Crippen molar-refractivity contribution in [2.24, 2.45) is 11.8 Å². The molecule has 0 fully saturated rings. The van der Waals surface area contributed by atoms with Gasteiger partial charge in [0.05, 0.1) is 0 Å². The Kier molecular flexibility index (Phi) is 11.3. The first kappa shape index (κ1) is 15.9. The lowest BCUT2D eigenvalue weighted by Gasteiger charge is -2.17. The van der Waals surface area contributed by atoms with Crippen molar-refractivity contribution in [3.8, 4) is 0 Å². The Morgan fingerprint density at radius 2 is 1.81 bits per heavy atom. The third-order valence-corrected chi connectivity index (χ3v) is 2.79. The van der Waals surface area contributed by atoms with E-state index in [9.17, 15) is 0 Å². The predicted molar refractivity (Wildman–Crippen MR) is 71.8 cm³/mol. The summed E-state index contributed by atoms with van der Waals surface area (Å²) >= 11 is 0. The summed E-state index contributed by atoms with van der Waals surface area (Å²) in [5, 5.41) is 3.57. The molecule has 0 radical (unpaired) electrons. The minimum absolute atomic E-state index is 0.755. The molecule has 0 aromatic rings. The fourth-order valence-corrected chi connectivity index (χ4v) is 1.95. The predicted octanol–water partition coefficient (Wildman–Crippen LogP) is 3.47.